The number of carboxylic acids is 1. The van der Waals surface area contributed by atoms with Crippen LogP contribution in [0.4, 0.5) is 10.1 Å². The molecule has 1 aliphatic rings. The number of pyridine rings is 1. The second-order valence-electron chi connectivity index (χ2n) is 5.53. The van der Waals surface area contributed by atoms with E-state index < -0.39 is 11.9 Å². The number of benzene rings is 1. The molecular formula is C17H18FLiN2O3. The molecule has 0 aliphatic carbocycles. The summed E-state index contributed by atoms with van der Waals surface area (Å²) in [7, 11) is 0. The third-order valence-electron chi connectivity index (χ3n) is 4.07. The minimum absolute atomic E-state index is 0. The Labute approximate surface area is 152 Å². The minimum Gasteiger partial charge on any atom is -0.870 e. The van der Waals surface area contributed by atoms with Gasteiger partial charge in [0, 0.05) is 25.5 Å². The van der Waals surface area contributed by atoms with E-state index in [2.05, 4.69) is 4.98 Å². The number of aromatic nitrogens is 1. The summed E-state index contributed by atoms with van der Waals surface area (Å²) in [6.07, 6.45) is 4.76. The molecule has 0 bridgehead atoms. The molecule has 24 heavy (non-hydrogen) atoms. The maximum Gasteiger partial charge on any atom is 1.00 e. The van der Waals surface area contributed by atoms with E-state index in [1.54, 1.807) is 18.5 Å². The molecule has 2 aromatic rings. The Balaban J connectivity index is 0.00000144. The standard InChI is InChI=1S/C17H17FN2O2.Li.H2O/c18-15-10-13(12-5-7-19-8-6-12)3-4-16(15)20-9-1-2-14(11-20)17(21)22;;/h3-8,10,14H,1-2,9,11H2,(H,21,22);;1H2/q;+1;/p-1/t14-;;/m0../s1. The maximum atomic E-state index is 14.4. The van der Waals surface area contributed by atoms with E-state index in [0.717, 1.165) is 17.5 Å². The summed E-state index contributed by atoms with van der Waals surface area (Å²) >= 11 is 0. The molecule has 0 amide bonds. The van der Waals surface area contributed by atoms with Gasteiger partial charge in [0.2, 0.25) is 0 Å². The Morgan fingerprint density at radius 3 is 2.54 bits per heavy atom. The van der Waals surface area contributed by atoms with Crippen LogP contribution in [0, 0.1) is 11.7 Å². The van der Waals surface area contributed by atoms with Crippen molar-refractivity contribution in [2.75, 3.05) is 18.0 Å². The van der Waals surface area contributed by atoms with Gasteiger partial charge in [0.15, 0.2) is 0 Å². The fourth-order valence-corrected chi connectivity index (χ4v) is 2.88. The number of hydrogen-bond acceptors (Lipinski definition) is 4. The van der Waals surface area contributed by atoms with E-state index in [4.69, 9.17) is 5.11 Å². The van der Waals surface area contributed by atoms with Crippen molar-refractivity contribution in [2.45, 2.75) is 12.8 Å². The molecule has 1 saturated heterocycles. The molecule has 1 fully saturated rings. The summed E-state index contributed by atoms with van der Waals surface area (Å²) in [4.78, 5) is 16.9. The van der Waals surface area contributed by atoms with Crippen molar-refractivity contribution in [3.05, 3.63) is 48.5 Å². The van der Waals surface area contributed by atoms with Gasteiger partial charge in [-0.3, -0.25) is 9.78 Å². The van der Waals surface area contributed by atoms with Crippen molar-refractivity contribution in [2.24, 2.45) is 5.92 Å². The van der Waals surface area contributed by atoms with E-state index >= 15 is 0 Å². The molecule has 0 saturated carbocycles. The van der Waals surface area contributed by atoms with E-state index in [9.17, 15) is 9.18 Å². The van der Waals surface area contributed by atoms with E-state index in [0.29, 0.717) is 25.2 Å². The van der Waals surface area contributed by atoms with Gasteiger partial charge in [0.25, 0.3) is 0 Å². The smallest absolute Gasteiger partial charge is 0.870 e. The average Bonchev–Trinajstić information content (AvgIpc) is 2.55. The Hall–Kier alpha value is -1.87. The molecule has 0 unspecified atom stereocenters. The second kappa shape index (κ2) is 8.83. The largest absolute Gasteiger partial charge is 1.00 e. The molecule has 1 aromatic carbocycles. The first kappa shape index (κ1) is 20.2. The zero-order valence-electron chi connectivity index (χ0n) is 13.5. The molecule has 7 heteroatoms. The predicted molar refractivity (Wildman–Crippen MR) is 84.1 cm³/mol. The van der Waals surface area contributed by atoms with E-state index in [1.165, 1.54) is 6.07 Å². The van der Waals surface area contributed by atoms with Crippen LogP contribution >= 0.6 is 0 Å². The van der Waals surface area contributed by atoms with Gasteiger partial charge in [-0.1, -0.05) is 6.07 Å². The van der Waals surface area contributed by atoms with Crippen LogP contribution in [0.1, 0.15) is 12.8 Å². The Morgan fingerprint density at radius 2 is 1.92 bits per heavy atom. The van der Waals surface area contributed by atoms with Crippen LogP contribution in [-0.4, -0.2) is 34.6 Å². The number of halogens is 1. The van der Waals surface area contributed by atoms with Gasteiger partial charge >= 0.3 is 24.8 Å². The molecule has 3 rings (SSSR count). The Morgan fingerprint density at radius 1 is 1.21 bits per heavy atom. The van der Waals surface area contributed by atoms with Crippen LogP contribution in [0.5, 0.6) is 0 Å². The molecule has 2 heterocycles. The number of aliphatic carboxylic acids is 1. The number of piperidine rings is 1. The van der Waals surface area contributed by atoms with Crippen molar-refractivity contribution < 1.29 is 38.6 Å². The number of carbonyl (C=O) groups is 1. The molecule has 1 atom stereocenters. The number of hydrogen-bond donors (Lipinski definition) is 1. The Bertz CT molecular complexity index is 685. The normalized spacial score (nSPS) is 16.7. The minimum atomic E-state index is -0.807. The van der Waals surface area contributed by atoms with Crippen molar-refractivity contribution in [1.29, 1.82) is 0 Å². The Kier molecular flexibility index (Phi) is 7.42. The maximum absolute atomic E-state index is 14.4. The van der Waals surface area contributed by atoms with Gasteiger partial charge in [0.1, 0.15) is 5.82 Å². The van der Waals surface area contributed by atoms with Crippen LogP contribution in [-0.2, 0) is 4.79 Å². The number of nitrogens with zero attached hydrogens (tertiary/aromatic N) is 2. The first-order valence-corrected chi connectivity index (χ1v) is 7.33. The monoisotopic (exact) mass is 324 g/mol. The zero-order chi connectivity index (χ0) is 15.5. The summed E-state index contributed by atoms with van der Waals surface area (Å²) in [5.74, 6) is -1.55. The zero-order valence-corrected chi connectivity index (χ0v) is 13.5. The van der Waals surface area contributed by atoms with Crippen LogP contribution in [0.25, 0.3) is 11.1 Å². The summed E-state index contributed by atoms with van der Waals surface area (Å²) in [5, 5.41) is 9.14. The molecule has 0 radical (unpaired) electrons. The van der Waals surface area contributed by atoms with Crippen molar-refractivity contribution in [3.8, 4) is 11.1 Å². The predicted octanol–water partition coefficient (Wildman–Crippen LogP) is 0.0159. The van der Waals surface area contributed by atoms with Crippen molar-refractivity contribution in [1.82, 2.24) is 4.98 Å². The molecular weight excluding hydrogens is 306 g/mol. The van der Waals surface area contributed by atoms with E-state index in [1.807, 2.05) is 23.1 Å². The summed E-state index contributed by atoms with van der Waals surface area (Å²) in [6.45, 7) is 1.05. The quantitative estimate of drug-likeness (QED) is 0.805. The number of anilines is 1. The fourth-order valence-electron chi connectivity index (χ4n) is 2.88. The second-order valence-corrected chi connectivity index (χ2v) is 5.53. The summed E-state index contributed by atoms with van der Waals surface area (Å²) in [6, 6.07) is 8.74. The van der Waals surface area contributed by atoms with Gasteiger partial charge < -0.3 is 15.5 Å². The van der Waals surface area contributed by atoms with Crippen LogP contribution in [0.3, 0.4) is 0 Å². The van der Waals surface area contributed by atoms with Crippen LogP contribution in [0.2, 0.25) is 0 Å². The first-order chi connectivity index (χ1) is 10.6. The molecule has 1 aromatic heterocycles. The van der Waals surface area contributed by atoms with Gasteiger partial charge in [-0.05, 0) is 48.2 Å². The average molecular weight is 324 g/mol. The summed E-state index contributed by atoms with van der Waals surface area (Å²) < 4.78 is 14.4. The molecule has 2 N–H and O–H groups in total. The number of carboxylic acid groups (broad SMARTS) is 1. The third kappa shape index (κ3) is 4.35. The van der Waals surface area contributed by atoms with Crippen LogP contribution in [0.15, 0.2) is 42.7 Å². The molecule has 1 aliphatic heterocycles. The van der Waals surface area contributed by atoms with Gasteiger partial charge in [-0.25, -0.2) is 4.39 Å². The third-order valence-corrected chi connectivity index (χ3v) is 4.07. The number of rotatable bonds is 3. The molecule has 0 spiro atoms. The van der Waals surface area contributed by atoms with E-state index in [-0.39, 0.29) is 30.2 Å². The molecule has 5 nitrogen and oxygen atoms in total. The van der Waals surface area contributed by atoms with Crippen molar-refractivity contribution >= 4 is 11.7 Å². The van der Waals surface area contributed by atoms with Gasteiger partial charge in [-0.15, -0.1) is 0 Å². The fraction of sp³-hybridized carbons (Fsp3) is 0.294. The summed E-state index contributed by atoms with van der Waals surface area (Å²) in [5.41, 5.74) is 2.17. The van der Waals surface area contributed by atoms with Crippen molar-refractivity contribution in [3.63, 3.8) is 0 Å². The van der Waals surface area contributed by atoms with Crippen LogP contribution < -0.4 is 23.8 Å². The molecule has 122 valence electrons. The van der Waals surface area contributed by atoms with Gasteiger partial charge in [0.05, 0.1) is 11.6 Å². The van der Waals surface area contributed by atoms with Gasteiger partial charge in [-0.2, -0.15) is 0 Å². The SMILES string of the molecule is O=C(O)[C@H]1CCCN(c2ccc(-c3ccncc3)cc2F)C1.[Li+].[OH-]. The first-order valence-electron chi connectivity index (χ1n) is 7.33. The topological polar surface area (TPSA) is 83.4 Å².